The number of benzene rings is 9. The Hall–Kier alpha value is -7.43. The van der Waals surface area contributed by atoms with Gasteiger partial charge >= 0.3 is 0 Å². The van der Waals surface area contributed by atoms with Gasteiger partial charge in [-0.15, -0.1) is 0 Å². The Balaban J connectivity index is 0.994. The fourth-order valence-electron chi connectivity index (χ4n) is 9.08. The molecule has 1 unspecified atom stereocenters. The quantitative estimate of drug-likeness (QED) is 0.174. The second-order valence-electron chi connectivity index (χ2n) is 14.8. The highest BCUT2D eigenvalue weighted by Gasteiger charge is 2.34. The first-order chi connectivity index (χ1) is 27.8. The smallest absolute Gasteiger partial charge is 0.155 e. The second kappa shape index (κ2) is 12.0. The van der Waals surface area contributed by atoms with Crippen LogP contribution in [0.25, 0.3) is 76.5 Å². The summed E-state index contributed by atoms with van der Waals surface area (Å²) in [4.78, 5) is 7.60. The Kier molecular flexibility index (Phi) is 6.66. The number of aromatic nitrogens is 2. The summed E-state index contributed by atoms with van der Waals surface area (Å²) in [6.45, 7) is 0. The van der Waals surface area contributed by atoms with Crippen LogP contribution in [0.5, 0.6) is 0 Å². The van der Waals surface area contributed by atoms with Crippen molar-refractivity contribution in [1.82, 2.24) is 9.13 Å². The maximum Gasteiger partial charge on any atom is 0.155 e. The standard InChI is InChI=1S/C52H34N4/c1-2-14-35(15-3-1)51-53-52(55(51)40-30-25-34-13-4-5-16-37(34)31-40)36-26-28-39(29-27-36)54-46-21-9-8-20-43(46)45-33-44-38(32-50(45)54)17-12-24-49(44)56-47-22-10-6-18-41(47)42-19-7-11-23-48(42)56/h1-33,52H. The lowest BCUT2D eigenvalue weighted by Gasteiger charge is -2.41. The molecule has 0 saturated carbocycles. The van der Waals surface area contributed by atoms with E-state index >= 15 is 0 Å². The van der Waals surface area contributed by atoms with Crippen LogP contribution in [-0.2, 0) is 0 Å². The molecule has 1 atom stereocenters. The second-order valence-corrected chi connectivity index (χ2v) is 14.8. The minimum absolute atomic E-state index is 0.123. The van der Waals surface area contributed by atoms with E-state index in [1.165, 1.54) is 70.8 Å². The first-order valence-electron chi connectivity index (χ1n) is 19.2. The molecule has 0 spiro atoms. The molecule has 4 heteroatoms. The number of fused-ring (bicyclic) bond motifs is 8. The number of para-hydroxylation sites is 3. The Labute approximate surface area is 323 Å². The number of anilines is 1. The largest absolute Gasteiger partial charge is 0.309 e. The van der Waals surface area contributed by atoms with Gasteiger partial charge in [0.15, 0.2) is 6.17 Å². The molecule has 0 amide bonds. The summed E-state index contributed by atoms with van der Waals surface area (Å²) in [6, 6.07) is 72.6. The molecule has 9 aromatic carbocycles. The molecule has 0 saturated heterocycles. The Morgan fingerprint density at radius 2 is 0.946 bits per heavy atom. The molecule has 0 bridgehead atoms. The summed E-state index contributed by atoms with van der Waals surface area (Å²) < 4.78 is 4.85. The molecule has 56 heavy (non-hydrogen) atoms. The lowest BCUT2D eigenvalue weighted by molar-refractivity contribution is 0.690. The minimum atomic E-state index is -0.123. The van der Waals surface area contributed by atoms with Crippen molar-refractivity contribution in [2.45, 2.75) is 6.17 Å². The van der Waals surface area contributed by atoms with Crippen LogP contribution in [-0.4, -0.2) is 15.0 Å². The summed E-state index contributed by atoms with van der Waals surface area (Å²) in [5.41, 5.74) is 10.5. The molecule has 12 rings (SSSR count). The summed E-state index contributed by atoms with van der Waals surface area (Å²) in [5.74, 6) is 0.990. The number of hydrogen-bond donors (Lipinski definition) is 0. The zero-order valence-corrected chi connectivity index (χ0v) is 30.4. The molecule has 4 nitrogen and oxygen atoms in total. The molecule has 11 aromatic rings. The molecule has 0 radical (unpaired) electrons. The van der Waals surface area contributed by atoms with Gasteiger partial charge in [0.2, 0.25) is 0 Å². The topological polar surface area (TPSA) is 25.5 Å². The van der Waals surface area contributed by atoms with Gasteiger partial charge in [-0.05, 0) is 82.4 Å². The van der Waals surface area contributed by atoms with Gasteiger partial charge in [0.05, 0.1) is 27.8 Å². The third-order valence-corrected chi connectivity index (χ3v) is 11.7. The van der Waals surface area contributed by atoms with Crippen LogP contribution in [0.1, 0.15) is 17.3 Å². The minimum Gasteiger partial charge on any atom is -0.309 e. The SMILES string of the molecule is c1ccc(C2=NC(c3ccc(-n4c5ccccc5c5cc6c(-n7c8ccccc8c8ccccc87)cccc6cc54)cc3)N2c2ccc3ccccc3c2)cc1. The number of nitrogens with zero attached hydrogens (tertiary/aromatic N) is 4. The number of rotatable bonds is 5. The van der Waals surface area contributed by atoms with Crippen LogP contribution in [0.2, 0.25) is 0 Å². The molecular formula is C52H34N4. The van der Waals surface area contributed by atoms with E-state index in [2.05, 4.69) is 214 Å². The van der Waals surface area contributed by atoms with Gasteiger partial charge in [-0.3, -0.25) is 4.90 Å². The molecule has 3 heterocycles. The summed E-state index contributed by atoms with van der Waals surface area (Å²) in [6.07, 6.45) is -0.123. The van der Waals surface area contributed by atoms with Crippen molar-refractivity contribution < 1.29 is 0 Å². The van der Waals surface area contributed by atoms with E-state index in [1.54, 1.807) is 0 Å². The van der Waals surface area contributed by atoms with E-state index < -0.39 is 0 Å². The number of amidine groups is 1. The Bertz CT molecular complexity index is 3320. The highest BCUT2D eigenvalue weighted by molar-refractivity contribution is 6.17. The third-order valence-electron chi connectivity index (χ3n) is 11.7. The van der Waals surface area contributed by atoms with E-state index in [1.807, 2.05) is 0 Å². The molecule has 0 N–H and O–H groups in total. The third kappa shape index (κ3) is 4.56. The first-order valence-corrected chi connectivity index (χ1v) is 19.2. The molecule has 262 valence electrons. The fourth-order valence-corrected chi connectivity index (χ4v) is 9.08. The predicted octanol–water partition coefficient (Wildman–Crippen LogP) is 13.2. The van der Waals surface area contributed by atoms with Crippen LogP contribution < -0.4 is 4.90 Å². The van der Waals surface area contributed by atoms with Crippen molar-refractivity contribution in [3.05, 3.63) is 211 Å². The summed E-state index contributed by atoms with van der Waals surface area (Å²) in [5, 5.41) is 9.91. The van der Waals surface area contributed by atoms with Crippen molar-refractivity contribution in [2.24, 2.45) is 4.99 Å². The van der Waals surface area contributed by atoms with E-state index in [4.69, 9.17) is 4.99 Å². The zero-order valence-electron chi connectivity index (χ0n) is 30.4. The number of aliphatic imine (C=N–C) groups is 1. The normalized spacial score (nSPS) is 14.3. The lowest BCUT2D eigenvalue weighted by Crippen LogP contribution is -2.43. The monoisotopic (exact) mass is 714 g/mol. The average molecular weight is 715 g/mol. The molecule has 1 aliphatic rings. The number of hydrogen-bond acceptors (Lipinski definition) is 2. The van der Waals surface area contributed by atoms with Crippen molar-refractivity contribution in [1.29, 1.82) is 0 Å². The van der Waals surface area contributed by atoms with Gasteiger partial charge < -0.3 is 9.13 Å². The van der Waals surface area contributed by atoms with E-state index in [0.717, 1.165) is 28.3 Å². The molecule has 0 fully saturated rings. The maximum atomic E-state index is 5.23. The highest BCUT2D eigenvalue weighted by atomic mass is 15.4. The van der Waals surface area contributed by atoms with E-state index in [0.29, 0.717) is 0 Å². The lowest BCUT2D eigenvalue weighted by atomic mass is 10.0. The van der Waals surface area contributed by atoms with Gasteiger partial charge in [-0.25, -0.2) is 4.99 Å². The van der Waals surface area contributed by atoms with Gasteiger partial charge in [0, 0.05) is 43.9 Å². The predicted molar refractivity (Wildman–Crippen MR) is 235 cm³/mol. The van der Waals surface area contributed by atoms with Crippen molar-refractivity contribution in [2.75, 3.05) is 4.90 Å². The van der Waals surface area contributed by atoms with Crippen molar-refractivity contribution in [3.8, 4) is 11.4 Å². The maximum absolute atomic E-state index is 5.23. The van der Waals surface area contributed by atoms with Crippen LogP contribution >= 0.6 is 0 Å². The van der Waals surface area contributed by atoms with Crippen LogP contribution in [0, 0.1) is 0 Å². The fraction of sp³-hybridized carbons (Fsp3) is 0.0192. The van der Waals surface area contributed by atoms with Crippen molar-refractivity contribution in [3.63, 3.8) is 0 Å². The van der Waals surface area contributed by atoms with Gasteiger partial charge in [-0.1, -0.05) is 140 Å². The highest BCUT2D eigenvalue weighted by Crippen LogP contribution is 2.42. The van der Waals surface area contributed by atoms with Crippen LogP contribution in [0.4, 0.5) is 5.69 Å². The molecule has 2 aromatic heterocycles. The van der Waals surface area contributed by atoms with Crippen LogP contribution in [0.15, 0.2) is 205 Å². The van der Waals surface area contributed by atoms with E-state index in [9.17, 15) is 0 Å². The van der Waals surface area contributed by atoms with Gasteiger partial charge in [0.25, 0.3) is 0 Å². The summed E-state index contributed by atoms with van der Waals surface area (Å²) in [7, 11) is 0. The van der Waals surface area contributed by atoms with E-state index in [-0.39, 0.29) is 6.17 Å². The zero-order chi connectivity index (χ0) is 36.7. The van der Waals surface area contributed by atoms with Crippen molar-refractivity contribution >= 4 is 76.7 Å². The Morgan fingerprint density at radius 3 is 1.68 bits per heavy atom. The molecular weight excluding hydrogens is 681 g/mol. The van der Waals surface area contributed by atoms with Crippen LogP contribution in [0.3, 0.4) is 0 Å². The average Bonchev–Trinajstić information content (AvgIpc) is 3.75. The van der Waals surface area contributed by atoms with Gasteiger partial charge in [-0.2, -0.15) is 0 Å². The first kappa shape index (κ1) is 31.0. The molecule has 0 aliphatic carbocycles. The van der Waals surface area contributed by atoms with Gasteiger partial charge in [0.1, 0.15) is 5.84 Å². The summed E-state index contributed by atoms with van der Waals surface area (Å²) >= 11 is 0. The molecule has 1 aliphatic heterocycles. The Morgan fingerprint density at radius 1 is 0.357 bits per heavy atom.